The van der Waals surface area contributed by atoms with Gasteiger partial charge in [-0.3, -0.25) is 4.57 Å². The monoisotopic (exact) mass is 628 g/mol. The molecule has 5 heteroatoms. The van der Waals surface area contributed by atoms with E-state index in [2.05, 4.69) is 125 Å². The summed E-state index contributed by atoms with van der Waals surface area (Å²) in [4.78, 5) is 14.5. The van der Waals surface area contributed by atoms with E-state index in [9.17, 15) is 0 Å². The molecule has 0 radical (unpaired) electrons. The minimum atomic E-state index is 0.601. The summed E-state index contributed by atoms with van der Waals surface area (Å²) < 4.78 is 4.66. The average Bonchev–Trinajstić information content (AvgIpc) is 3.71. The highest BCUT2D eigenvalue weighted by atomic mass is 32.1. The fraction of sp³-hybridized carbons (Fsp3) is 0. The van der Waals surface area contributed by atoms with Crippen LogP contribution in [-0.4, -0.2) is 14.5 Å². The van der Waals surface area contributed by atoms with Crippen LogP contribution in [0.3, 0.4) is 0 Å². The van der Waals surface area contributed by atoms with E-state index in [1.165, 1.54) is 36.3 Å². The smallest absolute Gasteiger partial charge is 0.235 e. The van der Waals surface area contributed by atoms with E-state index in [4.69, 9.17) is 16.5 Å². The highest BCUT2D eigenvalue weighted by molar-refractivity contribution is 7.27. The molecule has 0 saturated carbocycles. The number of aromatic nitrogens is 3. The summed E-state index contributed by atoms with van der Waals surface area (Å²) in [7, 11) is 0. The molecule has 0 bridgehead atoms. The van der Waals surface area contributed by atoms with Crippen molar-refractivity contribution in [1.82, 2.24) is 14.5 Å². The molecule has 0 N–H and O–H groups in total. The van der Waals surface area contributed by atoms with Gasteiger partial charge in [0.25, 0.3) is 0 Å². The second kappa shape index (κ2) is 10.3. The van der Waals surface area contributed by atoms with Crippen molar-refractivity contribution < 1.29 is 0 Å². The number of hydrogen-bond acceptors (Lipinski definition) is 3. The van der Waals surface area contributed by atoms with E-state index < -0.39 is 0 Å². The number of rotatable bonds is 3. The molecule has 3 heterocycles. The lowest BCUT2D eigenvalue weighted by molar-refractivity contribution is 0.999. The van der Waals surface area contributed by atoms with Gasteiger partial charge in [-0.1, -0.05) is 115 Å². The van der Waals surface area contributed by atoms with Crippen molar-refractivity contribution >= 4 is 80.5 Å². The number of fused-ring (bicyclic) bond motifs is 11. The fourth-order valence-corrected chi connectivity index (χ4v) is 8.49. The summed E-state index contributed by atoms with van der Waals surface area (Å²) in [6, 6.07) is 50.7. The van der Waals surface area contributed by atoms with Gasteiger partial charge in [-0.05, 0) is 57.3 Å². The van der Waals surface area contributed by atoms with Crippen LogP contribution in [0, 0.1) is 6.57 Å². The van der Waals surface area contributed by atoms with Crippen LogP contribution in [0.15, 0.2) is 146 Å². The van der Waals surface area contributed by atoms with Crippen LogP contribution in [0.2, 0.25) is 0 Å². The summed E-state index contributed by atoms with van der Waals surface area (Å²) in [5.41, 5.74) is 6.41. The number of nitrogens with zero attached hydrogens (tertiary/aromatic N) is 4. The zero-order valence-electron chi connectivity index (χ0n) is 25.6. The Kier molecular flexibility index (Phi) is 5.77. The molecule has 0 fully saturated rings. The fourth-order valence-electron chi connectivity index (χ4n) is 7.23. The van der Waals surface area contributed by atoms with Gasteiger partial charge in [0.05, 0.1) is 33.7 Å². The van der Waals surface area contributed by atoms with Crippen LogP contribution < -0.4 is 0 Å². The molecule has 3 aromatic heterocycles. The molecule has 48 heavy (non-hydrogen) atoms. The van der Waals surface area contributed by atoms with Gasteiger partial charge in [0.15, 0.2) is 5.69 Å². The predicted octanol–water partition coefficient (Wildman–Crippen LogP) is 12.1. The first-order chi connectivity index (χ1) is 23.7. The third-order valence-corrected chi connectivity index (χ3v) is 10.6. The van der Waals surface area contributed by atoms with Crippen molar-refractivity contribution in [3.8, 4) is 28.5 Å². The van der Waals surface area contributed by atoms with Crippen molar-refractivity contribution in [2.24, 2.45) is 0 Å². The Labute approximate surface area is 279 Å². The van der Waals surface area contributed by atoms with Gasteiger partial charge in [-0.25, -0.2) is 14.8 Å². The second-order valence-corrected chi connectivity index (χ2v) is 13.1. The molecule has 0 saturated heterocycles. The quantitative estimate of drug-likeness (QED) is 0.183. The molecule has 0 aliphatic carbocycles. The Morgan fingerprint density at radius 2 is 1.23 bits per heavy atom. The van der Waals surface area contributed by atoms with Gasteiger partial charge >= 0.3 is 0 Å². The maximum absolute atomic E-state index is 7.86. The van der Waals surface area contributed by atoms with Crippen molar-refractivity contribution in [3.05, 3.63) is 157 Å². The van der Waals surface area contributed by atoms with Gasteiger partial charge in [0.1, 0.15) is 0 Å². The van der Waals surface area contributed by atoms with Crippen molar-refractivity contribution in [3.63, 3.8) is 0 Å². The van der Waals surface area contributed by atoms with E-state index in [1.807, 2.05) is 30.3 Å². The van der Waals surface area contributed by atoms with E-state index in [0.29, 0.717) is 11.6 Å². The molecular weight excluding hydrogens is 605 g/mol. The Hall–Kier alpha value is -6.35. The van der Waals surface area contributed by atoms with E-state index in [0.717, 1.165) is 49.7 Å². The maximum Gasteiger partial charge on any atom is 0.235 e. The van der Waals surface area contributed by atoms with Crippen LogP contribution in [0.5, 0.6) is 0 Å². The zero-order chi connectivity index (χ0) is 31.8. The molecule has 0 unspecified atom stereocenters. The number of hydrogen-bond donors (Lipinski definition) is 0. The Morgan fingerprint density at radius 1 is 0.542 bits per heavy atom. The first-order valence-corrected chi connectivity index (χ1v) is 16.7. The molecule has 10 aromatic rings. The van der Waals surface area contributed by atoms with Crippen molar-refractivity contribution in [2.75, 3.05) is 0 Å². The summed E-state index contributed by atoms with van der Waals surface area (Å²) in [6.07, 6.45) is 0. The van der Waals surface area contributed by atoms with Crippen molar-refractivity contribution in [2.45, 2.75) is 0 Å². The molecule has 0 atom stereocenters. The molecule has 0 aliphatic rings. The van der Waals surface area contributed by atoms with Crippen LogP contribution in [-0.2, 0) is 0 Å². The lowest BCUT2D eigenvalue weighted by atomic mass is 9.99. The topological polar surface area (TPSA) is 35.1 Å². The molecule has 0 spiro atoms. The molecule has 7 aromatic carbocycles. The number of thiophene rings is 1. The number of benzene rings is 7. The lowest BCUT2D eigenvalue weighted by Gasteiger charge is -2.13. The molecule has 0 amide bonds. The summed E-state index contributed by atoms with van der Waals surface area (Å²) in [5, 5.41) is 9.34. The maximum atomic E-state index is 7.86. The highest BCUT2D eigenvalue weighted by Gasteiger charge is 2.24. The van der Waals surface area contributed by atoms with Crippen LogP contribution in [0.4, 0.5) is 5.69 Å². The van der Waals surface area contributed by atoms with Gasteiger partial charge in [-0.15, -0.1) is 11.3 Å². The van der Waals surface area contributed by atoms with E-state index >= 15 is 0 Å². The van der Waals surface area contributed by atoms with E-state index in [-0.39, 0.29) is 0 Å². The SMILES string of the molecule is [C-]#[N+]c1ccc2c(c1)c1c3ccccc3c3c4ccccc4sc3c1n2-c1nc(-c2ccccc2)cc(-c2ccc3ccccc3c2)n1. The van der Waals surface area contributed by atoms with E-state index in [1.54, 1.807) is 11.3 Å². The molecule has 0 aliphatic heterocycles. The Bertz CT molecular complexity index is 2960. The minimum absolute atomic E-state index is 0.601. The third kappa shape index (κ3) is 3.94. The van der Waals surface area contributed by atoms with Crippen molar-refractivity contribution in [1.29, 1.82) is 0 Å². The van der Waals surface area contributed by atoms with Gasteiger partial charge in [0, 0.05) is 32.0 Å². The predicted molar refractivity (Wildman–Crippen MR) is 201 cm³/mol. The first kappa shape index (κ1) is 26.8. The van der Waals surface area contributed by atoms with Crippen LogP contribution in [0.25, 0.3) is 96.8 Å². The van der Waals surface area contributed by atoms with Gasteiger partial charge in [-0.2, -0.15) is 0 Å². The second-order valence-electron chi connectivity index (χ2n) is 12.1. The molecule has 4 nitrogen and oxygen atoms in total. The van der Waals surface area contributed by atoms with Crippen LogP contribution >= 0.6 is 11.3 Å². The summed E-state index contributed by atoms with van der Waals surface area (Å²) in [5.74, 6) is 0.601. The summed E-state index contributed by atoms with van der Waals surface area (Å²) in [6.45, 7) is 7.86. The lowest BCUT2D eigenvalue weighted by Crippen LogP contribution is -2.04. The first-order valence-electron chi connectivity index (χ1n) is 15.9. The largest absolute Gasteiger partial charge is 0.277 e. The van der Waals surface area contributed by atoms with Gasteiger partial charge in [0.2, 0.25) is 5.95 Å². The molecule has 10 rings (SSSR count). The zero-order valence-corrected chi connectivity index (χ0v) is 26.4. The molecular formula is C43H24N4S. The normalized spacial score (nSPS) is 11.7. The Morgan fingerprint density at radius 3 is 2.04 bits per heavy atom. The average molecular weight is 629 g/mol. The highest BCUT2D eigenvalue weighted by Crippen LogP contribution is 2.48. The standard InChI is InChI=1S/C43H24N4S/c1-44-30-21-22-37-34(24-30)39-31-15-7-8-16-32(31)40-33-17-9-10-18-38(33)48-42(40)41(39)47(37)43-45-35(27-12-3-2-4-13-27)25-36(46-43)29-20-19-26-11-5-6-14-28(26)23-29/h2-25H. The molecule has 222 valence electrons. The van der Waals surface area contributed by atoms with Gasteiger partial charge < -0.3 is 0 Å². The Balaban J connectivity index is 1.39. The minimum Gasteiger partial charge on any atom is -0.277 e. The third-order valence-electron chi connectivity index (χ3n) is 9.39. The van der Waals surface area contributed by atoms with Crippen LogP contribution in [0.1, 0.15) is 0 Å². The summed E-state index contributed by atoms with van der Waals surface area (Å²) >= 11 is 1.81.